The van der Waals surface area contributed by atoms with Crippen LogP contribution in [0.3, 0.4) is 0 Å². The molecule has 0 aliphatic carbocycles. The van der Waals surface area contributed by atoms with E-state index in [1.165, 1.54) is 0 Å². The number of nitrogens with two attached hydrogens (primary N) is 1. The van der Waals surface area contributed by atoms with Crippen LogP contribution >= 0.6 is 34.8 Å². The van der Waals surface area contributed by atoms with Crippen LogP contribution in [-0.4, -0.2) is 4.98 Å². The summed E-state index contributed by atoms with van der Waals surface area (Å²) in [6.07, 6.45) is 1.76. The van der Waals surface area contributed by atoms with Crippen LogP contribution in [0.25, 0.3) is 11.1 Å². The van der Waals surface area contributed by atoms with Crippen LogP contribution in [0.5, 0.6) is 0 Å². The van der Waals surface area contributed by atoms with E-state index in [-0.39, 0.29) is 6.42 Å². The Balaban J connectivity index is 2.69. The van der Waals surface area contributed by atoms with Crippen molar-refractivity contribution in [3.8, 4) is 17.2 Å². The van der Waals surface area contributed by atoms with Gasteiger partial charge in [0.05, 0.1) is 22.5 Å². The van der Waals surface area contributed by atoms with E-state index in [1.807, 2.05) is 0 Å². The molecule has 1 aromatic heterocycles. The molecule has 2 aromatic rings. The Morgan fingerprint density at radius 2 is 1.89 bits per heavy atom. The van der Waals surface area contributed by atoms with Crippen molar-refractivity contribution in [2.75, 3.05) is 5.73 Å². The lowest BCUT2D eigenvalue weighted by molar-refractivity contribution is 1.22. The first-order valence-electron chi connectivity index (χ1n) is 5.29. The minimum atomic E-state index is 0.197. The number of benzene rings is 1. The molecule has 19 heavy (non-hydrogen) atoms. The van der Waals surface area contributed by atoms with E-state index in [9.17, 15) is 0 Å². The van der Waals surface area contributed by atoms with Crippen molar-refractivity contribution in [3.63, 3.8) is 0 Å². The molecule has 2 rings (SSSR count). The van der Waals surface area contributed by atoms with Crippen LogP contribution in [0.4, 0.5) is 5.82 Å². The van der Waals surface area contributed by atoms with Crippen LogP contribution in [-0.2, 0) is 6.42 Å². The molecule has 2 N–H and O–H groups in total. The number of hydrogen-bond donors (Lipinski definition) is 1. The number of nitriles is 1. The molecule has 0 saturated carbocycles. The molecular formula is C13H8Cl3N3. The standard InChI is InChI=1S/C13H8Cl3N3/c14-8-4-9(13(16)11(15)5-8)10-6-19-12(18)3-7(10)1-2-17/h3-6H,1H2,(H2,18,19). The topological polar surface area (TPSA) is 62.7 Å². The van der Waals surface area contributed by atoms with Crippen molar-refractivity contribution in [3.05, 3.63) is 45.0 Å². The van der Waals surface area contributed by atoms with E-state index in [0.29, 0.717) is 32.0 Å². The Morgan fingerprint density at radius 3 is 2.58 bits per heavy atom. The maximum absolute atomic E-state index is 8.86. The minimum Gasteiger partial charge on any atom is -0.384 e. The highest BCUT2D eigenvalue weighted by molar-refractivity contribution is 6.45. The molecule has 0 saturated heterocycles. The summed E-state index contributed by atoms with van der Waals surface area (Å²) < 4.78 is 0. The van der Waals surface area contributed by atoms with Gasteiger partial charge in [-0.25, -0.2) is 4.98 Å². The van der Waals surface area contributed by atoms with Crippen molar-refractivity contribution in [2.45, 2.75) is 6.42 Å². The van der Waals surface area contributed by atoms with Crippen LogP contribution < -0.4 is 5.73 Å². The van der Waals surface area contributed by atoms with Crippen molar-refractivity contribution < 1.29 is 0 Å². The first kappa shape index (κ1) is 14.0. The highest BCUT2D eigenvalue weighted by Crippen LogP contribution is 2.38. The summed E-state index contributed by atoms with van der Waals surface area (Å²) in [7, 11) is 0. The van der Waals surface area contributed by atoms with E-state index in [4.69, 9.17) is 45.8 Å². The molecule has 0 fully saturated rings. The van der Waals surface area contributed by atoms with Crippen molar-refractivity contribution in [1.82, 2.24) is 4.98 Å². The molecule has 0 radical (unpaired) electrons. The fourth-order valence-electron chi connectivity index (χ4n) is 1.74. The lowest BCUT2D eigenvalue weighted by Crippen LogP contribution is -1.96. The number of nitrogen functional groups attached to an aromatic ring is 1. The maximum Gasteiger partial charge on any atom is 0.123 e. The summed E-state index contributed by atoms with van der Waals surface area (Å²) in [5, 5.41) is 10.0. The number of hydrogen-bond acceptors (Lipinski definition) is 3. The Kier molecular flexibility index (Phi) is 4.16. The monoisotopic (exact) mass is 311 g/mol. The lowest BCUT2D eigenvalue weighted by Gasteiger charge is -2.11. The molecule has 1 heterocycles. The summed E-state index contributed by atoms with van der Waals surface area (Å²) in [4.78, 5) is 4.02. The van der Waals surface area contributed by atoms with Gasteiger partial charge in [-0.1, -0.05) is 34.8 Å². The number of aromatic nitrogens is 1. The second kappa shape index (κ2) is 5.66. The zero-order valence-electron chi connectivity index (χ0n) is 9.62. The predicted octanol–water partition coefficient (Wildman–Crippen LogP) is 4.36. The van der Waals surface area contributed by atoms with Crippen molar-refractivity contribution >= 4 is 40.6 Å². The van der Waals surface area contributed by atoms with Gasteiger partial charge >= 0.3 is 0 Å². The number of anilines is 1. The Labute approximate surface area is 125 Å². The number of nitrogens with zero attached hydrogens (tertiary/aromatic N) is 2. The Hall–Kier alpha value is -1.47. The van der Waals surface area contributed by atoms with Gasteiger partial charge < -0.3 is 5.73 Å². The van der Waals surface area contributed by atoms with E-state index in [0.717, 1.165) is 5.56 Å². The van der Waals surface area contributed by atoms with Gasteiger partial charge in [-0.2, -0.15) is 5.26 Å². The molecule has 3 nitrogen and oxygen atoms in total. The predicted molar refractivity (Wildman–Crippen MR) is 78.4 cm³/mol. The number of halogens is 3. The fourth-order valence-corrected chi connectivity index (χ4v) is 2.45. The average Bonchev–Trinajstić information content (AvgIpc) is 2.35. The van der Waals surface area contributed by atoms with Gasteiger partial charge in [-0.15, -0.1) is 0 Å². The molecular weight excluding hydrogens is 305 g/mol. The largest absolute Gasteiger partial charge is 0.384 e. The van der Waals surface area contributed by atoms with Gasteiger partial charge in [0.1, 0.15) is 5.82 Å². The minimum absolute atomic E-state index is 0.197. The molecule has 0 spiro atoms. The summed E-state index contributed by atoms with van der Waals surface area (Å²) in [5.41, 5.74) is 7.70. The van der Waals surface area contributed by atoms with Gasteiger partial charge in [0.15, 0.2) is 0 Å². The number of rotatable bonds is 2. The summed E-state index contributed by atoms with van der Waals surface area (Å²) in [5.74, 6) is 0.346. The SMILES string of the molecule is N#CCc1cc(N)ncc1-c1cc(Cl)cc(Cl)c1Cl. The zero-order valence-corrected chi connectivity index (χ0v) is 11.9. The maximum atomic E-state index is 8.86. The van der Waals surface area contributed by atoms with Gasteiger partial charge in [-0.05, 0) is 23.8 Å². The molecule has 0 amide bonds. The van der Waals surface area contributed by atoms with E-state index >= 15 is 0 Å². The fraction of sp³-hybridized carbons (Fsp3) is 0.0769. The summed E-state index contributed by atoms with van der Waals surface area (Å²) in [6.45, 7) is 0. The molecule has 0 unspecified atom stereocenters. The Bertz CT molecular complexity index is 678. The highest BCUT2D eigenvalue weighted by Gasteiger charge is 2.13. The second-order valence-corrected chi connectivity index (χ2v) is 5.07. The van der Waals surface area contributed by atoms with Crippen molar-refractivity contribution in [2.24, 2.45) is 0 Å². The van der Waals surface area contributed by atoms with Crippen LogP contribution in [0.15, 0.2) is 24.4 Å². The molecule has 1 aromatic carbocycles. The molecule has 6 heteroatoms. The number of pyridine rings is 1. The van der Waals surface area contributed by atoms with Gasteiger partial charge in [0, 0.05) is 22.3 Å². The second-order valence-electron chi connectivity index (χ2n) is 3.85. The quantitative estimate of drug-likeness (QED) is 0.838. The van der Waals surface area contributed by atoms with E-state index in [2.05, 4.69) is 11.1 Å². The van der Waals surface area contributed by atoms with E-state index in [1.54, 1.807) is 24.4 Å². The third-order valence-electron chi connectivity index (χ3n) is 2.56. The van der Waals surface area contributed by atoms with E-state index < -0.39 is 0 Å². The van der Waals surface area contributed by atoms with Crippen LogP contribution in [0.2, 0.25) is 15.1 Å². The lowest BCUT2D eigenvalue weighted by atomic mass is 10.00. The van der Waals surface area contributed by atoms with Crippen LogP contribution in [0, 0.1) is 11.3 Å². The average molecular weight is 313 g/mol. The molecule has 0 bridgehead atoms. The molecule has 96 valence electrons. The highest BCUT2D eigenvalue weighted by atomic mass is 35.5. The summed E-state index contributed by atoms with van der Waals surface area (Å²) in [6, 6.07) is 6.96. The summed E-state index contributed by atoms with van der Waals surface area (Å²) >= 11 is 18.2. The third-order valence-corrected chi connectivity index (χ3v) is 3.58. The van der Waals surface area contributed by atoms with Gasteiger partial charge in [-0.3, -0.25) is 0 Å². The van der Waals surface area contributed by atoms with Crippen LogP contribution in [0.1, 0.15) is 5.56 Å². The van der Waals surface area contributed by atoms with Gasteiger partial charge in [0.2, 0.25) is 0 Å². The smallest absolute Gasteiger partial charge is 0.123 e. The first-order chi connectivity index (χ1) is 9.02. The molecule has 0 aliphatic heterocycles. The zero-order chi connectivity index (χ0) is 14.0. The normalized spacial score (nSPS) is 10.2. The third kappa shape index (κ3) is 2.93. The first-order valence-corrected chi connectivity index (χ1v) is 6.42. The molecule has 0 atom stereocenters. The Morgan fingerprint density at radius 1 is 1.16 bits per heavy atom. The van der Waals surface area contributed by atoms with Gasteiger partial charge in [0.25, 0.3) is 0 Å². The van der Waals surface area contributed by atoms with Crippen molar-refractivity contribution in [1.29, 1.82) is 5.26 Å². The molecule has 0 aliphatic rings.